The molecule has 0 aromatic heterocycles. The first kappa shape index (κ1) is 18.8. The molecule has 0 fully saturated rings. The molecular formula is C16H23NO4. The minimum Gasteiger partial charge on any atom is -0.490 e. The Morgan fingerprint density at radius 1 is 1.29 bits per heavy atom. The Hall–Kier alpha value is -2.17. The Balaban J connectivity index is 4.65. The molecule has 0 unspecified atom stereocenters. The molecule has 5 nitrogen and oxygen atoms in total. The van der Waals surface area contributed by atoms with E-state index in [0.29, 0.717) is 17.8 Å². The first-order valence-electron chi connectivity index (χ1n) is 6.85. The molecule has 0 spiro atoms. The van der Waals surface area contributed by atoms with Crippen molar-refractivity contribution in [3.8, 4) is 0 Å². The quantitative estimate of drug-likeness (QED) is 0.145. The van der Waals surface area contributed by atoms with Gasteiger partial charge >= 0.3 is 5.97 Å². The summed E-state index contributed by atoms with van der Waals surface area (Å²) >= 11 is 0. The summed E-state index contributed by atoms with van der Waals surface area (Å²) in [6, 6.07) is 0. The van der Waals surface area contributed by atoms with Crippen molar-refractivity contribution in [1.82, 2.24) is 0 Å². The lowest BCUT2D eigenvalue weighted by molar-refractivity contribution is -0.138. The zero-order chi connectivity index (χ0) is 16.1. The molecule has 0 bridgehead atoms. The van der Waals surface area contributed by atoms with Gasteiger partial charge in [-0.25, -0.2) is 4.79 Å². The third-order valence-electron chi connectivity index (χ3n) is 2.70. The van der Waals surface area contributed by atoms with Gasteiger partial charge in [-0.15, -0.1) is 0 Å². The molecule has 0 saturated carbocycles. The maximum Gasteiger partial charge on any atom is 0.330 e. The SMILES string of the molecule is C=CC(=O)OCCO/C(=C/C(=C\C)CC)C(=C)CCN=O. The summed E-state index contributed by atoms with van der Waals surface area (Å²) in [5, 5.41) is 2.82. The van der Waals surface area contributed by atoms with Crippen molar-refractivity contribution in [2.24, 2.45) is 5.18 Å². The monoisotopic (exact) mass is 293 g/mol. The zero-order valence-corrected chi connectivity index (χ0v) is 12.8. The summed E-state index contributed by atoms with van der Waals surface area (Å²) in [5.41, 5.74) is 1.78. The normalized spacial score (nSPS) is 11.7. The average molecular weight is 293 g/mol. The molecule has 0 N–H and O–H groups in total. The standard InChI is InChI=1S/C16H23NO4/c1-5-14(6-2)12-15(13(4)8-9-17-19)20-10-11-21-16(18)7-3/h5,7,12H,3-4,6,8-11H2,1-2H3/b14-5-,15-12+. The summed E-state index contributed by atoms with van der Waals surface area (Å²) in [6.07, 6.45) is 6.24. The second kappa shape index (κ2) is 11.6. The number of hydrogen-bond donors (Lipinski definition) is 0. The van der Waals surface area contributed by atoms with Crippen LogP contribution in [0.1, 0.15) is 26.7 Å². The van der Waals surface area contributed by atoms with E-state index >= 15 is 0 Å². The molecule has 116 valence electrons. The fourth-order valence-electron chi connectivity index (χ4n) is 1.46. The molecule has 0 heterocycles. The van der Waals surface area contributed by atoms with Crippen LogP contribution in [0.4, 0.5) is 0 Å². The third-order valence-corrected chi connectivity index (χ3v) is 2.70. The van der Waals surface area contributed by atoms with Gasteiger partial charge in [-0.2, -0.15) is 4.91 Å². The lowest BCUT2D eigenvalue weighted by atomic mass is 10.1. The van der Waals surface area contributed by atoms with Gasteiger partial charge < -0.3 is 9.47 Å². The fourth-order valence-corrected chi connectivity index (χ4v) is 1.46. The molecule has 0 aromatic rings. The molecule has 5 heteroatoms. The minimum atomic E-state index is -0.490. The Morgan fingerprint density at radius 2 is 1.95 bits per heavy atom. The maximum atomic E-state index is 10.9. The topological polar surface area (TPSA) is 65.0 Å². The third kappa shape index (κ3) is 8.57. The van der Waals surface area contributed by atoms with Crippen LogP contribution in [0.25, 0.3) is 0 Å². The highest BCUT2D eigenvalue weighted by Crippen LogP contribution is 2.17. The molecule has 21 heavy (non-hydrogen) atoms. The summed E-state index contributed by atoms with van der Waals surface area (Å²) in [5.74, 6) is 0.0964. The number of allylic oxidation sites excluding steroid dienone is 4. The summed E-state index contributed by atoms with van der Waals surface area (Å²) in [6.45, 7) is 11.7. The number of carbonyl (C=O) groups is 1. The molecule has 0 aliphatic carbocycles. The van der Waals surface area contributed by atoms with E-state index in [2.05, 4.69) is 18.3 Å². The van der Waals surface area contributed by atoms with E-state index in [-0.39, 0.29) is 19.8 Å². The van der Waals surface area contributed by atoms with Gasteiger partial charge in [0, 0.05) is 6.08 Å². The van der Waals surface area contributed by atoms with Gasteiger partial charge in [-0.1, -0.05) is 31.3 Å². The number of rotatable bonds is 11. The molecule has 0 aliphatic heterocycles. The molecule has 0 radical (unpaired) electrons. The predicted octanol–water partition coefficient (Wildman–Crippen LogP) is 3.69. The first-order valence-corrected chi connectivity index (χ1v) is 6.85. The first-order chi connectivity index (χ1) is 10.1. The van der Waals surface area contributed by atoms with Crippen LogP contribution in [0.2, 0.25) is 0 Å². The van der Waals surface area contributed by atoms with Gasteiger partial charge in [0.15, 0.2) is 0 Å². The summed E-state index contributed by atoms with van der Waals surface area (Å²) in [4.78, 5) is 21.1. The van der Waals surface area contributed by atoms with Gasteiger partial charge in [0.2, 0.25) is 0 Å². The van der Waals surface area contributed by atoms with Crippen LogP contribution in [-0.2, 0) is 14.3 Å². The molecule has 0 aliphatic rings. The highest BCUT2D eigenvalue weighted by Gasteiger charge is 2.06. The van der Waals surface area contributed by atoms with E-state index in [1.165, 1.54) is 0 Å². The van der Waals surface area contributed by atoms with E-state index in [9.17, 15) is 9.70 Å². The van der Waals surface area contributed by atoms with Crippen molar-refractivity contribution in [3.05, 3.63) is 53.2 Å². The molecule has 0 atom stereocenters. The highest BCUT2D eigenvalue weighted by atomic mass is 16.6. The molecule has 0 saturated heterocycles. The van der Waals surface area contributed by atoms with Crippen molar-refractivity contribution in [2.45, 2.75) is 26.7 Å². The van der Waals surface area contributed by atoms with Crippen LogP contribution < -0.4 is 0 Å². The van der Waals surface area contributed by atoms with Crippen molar-refractivity contribution >= 4 is 5.97 Å². The Labute approximate surface area is 126 Å². The number of hydrogen-bond acceptors (Lipinski definition) is 5. The van der Waals surface area contributed by atoms with Gasteiger partial charge in [0.25, 0.3) is 0 Å². The van der Waals surface area contributed by atoms with Crippen molar-refractivity contribution in [3.63, 3.8) is 0 Å². The van der Waals surface area contributed by atoms with Crippen LogP contribution in [-0.4, -0.2) is 25.7 Å². The lowest BCUT2D eigenvalue weighted by Gasteiger charge is -2.13. The highest BCUT2D eigenvalue weighted by molar-refractivity contribution is 5.81. The maximum absolute atomic E-state index is 10.9. The second-order valence-electron chi connectivity index (χ2n) is 4.15. The van der Waals surface area contributed by atoms with E-state index < -0.39 is 5.97 Å². The van der Waals surface area contributed by atoms with Gasteiger partial charge in [0.1, 0.15) is 19.0 Å². The molecule has 0 rings (SSSR count). The largest absolute Gasteiger partial charge is 0.490 e. The minimum absolute atomic E-state index is 0.124. The van der Waals surface area contributed by atoms with Crippen LogP contribution in [0.3, 0.4) is 0 Å². The molecular weight excluding hydrogens is 270 g/mol. The van der Waals surface area contributed by atoms with Crippen molar-refractivity contribution in [1.29, 1.82) is 0 Å². The van der Waals surface area contributed by atoms with Gasteiger partial charge in [-0.3, -0.25) is 0 Å². The van der Waals surface area contributed by atoms with Crippen LogP contribution in [0, 0.1) is 4.91 Å². The Kier molecular flexibility index (Phi) is 10.4. The number of ether oxygens (including phenoxy) is 2. The Morgan fingerprint density at radius 3 is 2.48 bits per heavy atom. The lowest BCUT2D eigenvalue weighted by Crippen LogP contribution is -2.09. The van der Waals surface area contributed by atoms with Crippen molar-refractivity contribution < 1.29 is 14.3 Å². The number of nitrogens with zero attached hydrogens (tertiary/aromatic N) is 1. The molecule has 0 amide bonds. The van der Waals surface area contributed by atoms with Crippen LogP contribution in [0.5, 0.6) is 0 Å². The molecule has 0 aromatic carbocycles. The number of carbonyl (C=O) groups excluding carboxylic acids is 1. The van der Waals surface area contributed by atoms with Gasteiger partial charge in [0.05, 0.1) is 6.54 Å². The van der Waals surface area contributed by atoms with E-state index in [0.717, 1.165) is 18.1 Å². The van der Waals surface area contributed by atoms with E-state index in [1.807, 2.05) is 26.0 Å². The van der Waals surface area contributed by atoms with E-state index in [1.54, 1.807) is 0 Å². The van der Waals surface area contributed by atoms with Gasteiger partial charge in [-0.05, 0) is 37.0 Å². The average Bonchev–Trinajstić information content (AvgIpc) is 2.51. The summed E-state index contributed by atoms with van der Waals surface area (Å²) < 4.78 is 10.4. The number of esters is 1. The smallest absolute Gasteiger partial charge is 0.330 e. The summed E-state index contributed by atoms with van der Waals surface area (Å²) in [7, 11) is 0. The van der Waals surface area contributed by atoms with Crippen LogP contribution in [0.15, 0.2) is 53.5 Å². The van der Waals surface area contributed by atoms with E-state index in [4.69, 9.17) is 9.47 Å². The fraction of sp³-hybridized carbons (Fsp3) is 0.438. The zero-order valence-electron chi connectivity index (χ0n) is 12.8. The van der Waals surface area contributed by atoms with Crippen molar-refractivity contribution in [2.75, 3.05) is 19.8 Å². The second-order valence-corrected chi connectivity index (χ2v) is 4.15. The van der Waals surface area contributed by atoms with Crippen LogP contribution >= 0.6 is 0 Å². The Bertz CT molecular complexity index is 436. The predicted molar refractivity (Wildman–Crippen MR) is 83.7 cm³/mol. The number of nitroso groups, excluding NO2 is 1.